The monoisotopic (exact) mass is 432 g/mol. The average Bonchev–Trinajstić information content (AvgIpc) is 2.94. The van der Waals surface area contributed by atoms with E-state index >= 15 is 0 Å². The number of nitrogens with two attached hydrogens (primary N) is 1. The molecule has 6 nitrogen and oxygen atoms in total. The number of hydrogen-bond acceptors (Lipinski definition) is 5. The molecule has 154 valence electrons. The number of thioether (sulfide) groups is 1. The van der Waals surface area contributed by atoms with Crippen LogP contribution in [0.25, 0.3) is 16.6 Å². The summed E-state index contributed by atoms with van der Waals surface area (Å²) in [6.45, 7) is 0.134. The molecule has 0 amide bonds. The van der Waals surface area contributed by atoms with Gasteiger partial charge in [0, 0.05) is 10.3 Å². The van der Waals surface area contributed by atoms with E-state index in [2.05, 4.69) is 4.98 Å². The predicted octanol–water partition coefficient (Wildman–Crippen LogP) is 4.14. The molecule has 0 radical (unpaired) electrons. The maximum Gasteiger partial charge on any atom is 0.446 e. The summed E-state index contributed by atoms with van der Waals surface area (Å²) in [5.74, 6) is -0.0271. The van der Waals surface area contributed by atoms with Gasteiger partial charge in [0.05, 0.1) is 23.9 Å². The summed E-state index contributed by atoms with van der Waals surface area (Å²) in [5.41, 5.74) is 2.60. The smallest absolute Gasteiger partial charge is 0.446 e. The van der Waals surface area contributed by atoms with Gasteiger partial charge in [0.25, 0.3) is 0 Å². The van der Waals surface area contributed by atoms with Crippen LogP contribution in [0.3, 0.4) is 0 Å². The molecule has 0 aliphatic rings. The molecule has 0 saturated heterocycles. The first-order valence-electron chi connectivity index (χ1n) is 8.73. The largest absolute Gasteiger partial charge is 0.493 e. The molecule has 0 spiro atoms. The fourth-order valence-corrected chi connectivity index (χ4v) is 3.76. The molecule has 10 heteroatoms. The van der Waals surface area contributed by atoms with Gasteiger partial charge in [-0.05, 0) is 53.7 Å². The number of halogens is 3. The Morgan fingerprint density at radius 1 is 1.10 bits per heavy atom. The van der Waals surface area contributed by atoms with Crippen molar-refractivity contribution in [1.82, 2.24) is 14.1 Å². The van der Waals surface area contributed by atoms with E-state index < -0.39 is 11.2 Å². The maximum atomic E-state index is 12.9. The summed E-state index contributed by atoms with van der Waals surface area (Å²) >= 11 is -0.250. The molecule has 0 fully saturated rings. The highest BCUT2D eigenvalue weighted by molar-refractivity contribution is 8.00. The molecule has 2 aromatic heterocycles. The highest BCUT2D eigenvalue weighted by Crippen LogP contribution is 2.37. The van der Waals surface area contributed by atoms with E-state index in [4.69, 9.17) is 5.73 Å². The average molecular weight is 432 g/mol. The zero-order chi connectivity index (χ0) is 21.5. The van der Waals surface area contributed by atoms with Crippen molar-refractivity contribution >= 4 is 28.5 Å². The molecule has 0 aliphatic carbocycles. The van der Waals surface area contributed by atoms with Crippen molar-refractivity contribution in [3.8, 4) is 11.6 Å². The van der Waals surface area contributed by atoms with Crippen molar-refractivity contribution in [3.05, 3.63) is 76.8 Å². The van der Waals surface area contributed by atoms with E-state index in [0.29, 0.717) is 11.3 Å². The SMILES string of the molecule is Nc1cc(Cn2cc(O)n(-c3ccc(SC(F)(F)F)cc3)c2=O)c2ccccc2n1. The molecule has 4 aromatic rings. The molecule has 2 aromatic carbocycles. The lowest BCUT2D eigenvalue weighted by molar-refractivity contribution is -0.0328. The third-order valence-corrected chi connectivity index (χ3v) is 5.17. The second-order valence-corrected chi connectivity index (χ2v) is 7.64. The second kappa shape index (κ2) is 7.45. The predicted molar refractivity (Wildman–Crippen MR) is 109 cm³/mol. The number of nitrogen functional groups attached to an aromatic ring is 1. The number of rotatable bonds is 4. The van der Waals surface area contributed by atoms with Crippen molar-refractivity contribution < 1.29 is 18.3 Å². The van der Waals surface area contributed by atoms with Gasteiger partial charge >= 0.3 is 11.2 Å². The highest BCUT2D eigenvalue weighted by Gasteiger charge is 2.29. The van der Waals surface area contributed by atoms with Crippen molar-refractivity contribution in [1.29, 1.82) is 0 Å². The van der Waals surface area contributed by atoms with Gasteiger partial charge < -0.3 is 10.8 Å². The fourth-order valence-electron chi connectivity index (χ4n) is 3.22. The number of pyridine rings is 1. The number of benzene rings is 2. The van der Waals surface area contributed by atoms with Gasteiger partial charge in [-0.15, -0.1) is 0 Å². The van der Waals surface area contributed by atoms with E-state index in [0.717, 1.165) is 15.5 Å². The molecule has 3 N–H and O–H groups in total. The van der Waals surface area contributed by atoms with Crippen LogP contribution in [0.1, 0.15) is 5.56 Å². The number of nitrogens with zero attached hydrogens (tertiary/aromatic N) is 3. The molecule has 0 aliphatic heterocycles. The number of hydrogen-bond donors (Lipinski definition) is 2. The van der Waals surface area contributed by atoms with Crippen LogP contribution in [-0.4, -0.2) is 24.7 Å². The van der Waals surface area contributed by atoms with E-state index in [1.54, 1.807) is 12.1 Å². The minimum absolute atomic E-state index is 0.0167. The Labute approximate surface area is 172 Å². The van der Waals surface area contributed by atoms with Gasteiger partial charge in [0.2, 0.25) is 5.88 Å². The minimum atomic E-state index is -4.40. The summed E-state index contributed by atoms with van der Waals surface area (Å²) in [6.07, 6.45) is 1.27. The van der Waals surface area contributed by atoms with Gasteiger partial charge in [0.1, 0.15) is 5.82 Å². The van der Waals surface area contributed by atoms with Crippen LogP contribution in [0, 0.1) is 0 Å². The summed E-state index contributed by atoms with van der Waals surface area (Å²) in [5, 5.41) is 11.1. The Morgan fingerprint density at radius 2 is 1.80 bits per heavy atom. The molecule has 4 rings (SSSR count). The van der Waals surface area contributed by atoms with E-state index in [-0.39, 0.29) is 34.8 Å². The van der Waals surface area contributed by atoms with Crippen LogP contribution >= 0.6 is 11.8 Å². The van der Waals surface area contributed by atoms with Gasteiger partial charge in [-0.1, -0.05) is 18.2 Å². The number of aromatic hydroxyl groups is 1. The van der Waals surface area contributed by atoms with E-state index in [1.165, 1.54) is 35.0 Å². The minimum Gasteiger partial charge on any atom is -0.493 e. The van der Waals surface area contributed by atoms with Crippen molar-refractivity contribution in [2.45, 2.75) is 16.9 Å². The Bertz CT molecular complexity index is 1280. The standard InChI is InChI=1S/C20H15F3N4O2S/c21-20(22,23)30-14-7-5-13(6-8-14)27-18(28)11-26(19(27)29)10-12-9-17(24)25-16-4-2-1-3-15(12)16/h1-9,11,28H,10H2,(H2,24,25). The highest BCUT2D eigenvalue weighted by atomic mass is 32.2. The Kier molecular flexibility index (Phi) is 4.94. The lowest BCUT2D eigenvalue weighted by Crippen LogP contribution is -2.23. The van der Waals surface area contributed by atoms with Gasteiger partial charge in [-0.25, -0.2) is 14.3 Å². The first-order chi connectivity index (χ1) is 14.2. The number of fused-ring (bicyclic) bond motifs is 1. The molecular weight excluding hydrogens is 417 g/mol. The zero-order valence-electron chi connectivity index (χ0n) is 15.3. The van der Waals surface area contributed by atoms with Gasteiger partial charge in [-0.3, -0.25) is 4.57 Å². The number of anilines is 1. The van der Waals surface area contributed by atoms with E-state index in [9.17, 15) is 23.1 Å². The first-order valence-corrected chi connectivity index (χ1v) is 9.54. The molecule has 0 bridgehead atoms. The second-order valence-electron chi connectivity index (χ2n) is 6.50. The fraction of sp³-hybridized carbons (Fsp3) is 0.100. The Morgan fingerprint density at radius 3 is 2.50 bits per heavy atom. The third-order valence-electron chi connectivity index (χ3n) is 4.43. The van der Waals surface area contributed by atoms with Crippen molar-refractivity contribution in [2.75, 3.05) is 5.73 Å². The summed E-state index contributed by atoms with van der Waals surface area (Å²) in [6, 6.07) is 14.2. The molecule has 0 saturated carbocycles. The van der Waals surface area contributed by atoms with Gasteiger partial charge in [0.15, 0.2) is 0 Å². The molecule has 30 heavy (non-hydrogen) atoms. The first kappa shape index (κ1) is 19.9. The number of alkyl halides is 3. The number of aromatic nitrogens is 3. The third kappa shape index (κ3) is 3.99. The maximum absolute atomic E-state index is 12.9. The molecule has 0 atom stereocenters. The van der Waals surface area contributed by atoms with Crippen LogP contribution in [-0.2, 0) is 6.54 Å². The van der Waals surface area contributed by atoms with Crippen molar-refractivity contribution in [3.63, 3.8) is 0 Å². The Hall–Kier alpha value is -3.40. The Balaban J connectivity index is 1.69. The lowest BCUT2D eigenvalue weighted by Gasteiger charge is -2.08. The summed E-state index contributed by atoms with van der Waals surface area (Å²) < 4.78 is 39.8. The number of imidazole rings is 1. The van der Waals surface area contributed by atoms with Crippen LogP contribution in [0.5, 0.6) is 5.88 Å². The van der Waals surface area contributed by atoms with E-state index in [1.807, 2.05) is 18.2 Å². The van der Waals surface area contributed by atoms with Gasteiger partial charge in [-0.2, -0.15) is 13.2 Å². The lowest BCUT2D eigenvalue weighted by atomic mass is 10.1. The van der Waals surface area contributed by atoms with Crippen LogP contribution in [0.4, 0.5) is 19.0 Å². The zero-order valence-corrected chi connectivity index (χ0v) is 16.1. The quantitative estimate of drug-likeness (QED) is 0.474. The number of para-hydroxylation sites is 1. The molecule has 2 heterocycles. The summed E-state index contributed by atoms with van der Waals surface area (Å²) in [4.78, 5) is 17.1. The molecule has 0 unspecified atom stereocenters. The van der Waals surface area contributed by atoms with Crippen molar-refractivity contribution in [2.24, 2.45) is 0 Å². The summed E-state index contributed by atoms with van der Waals surface area (Å²) in [7, 11) is 0. The van der Waals surface area contributed by atoms with Crippen LogP contribution < -0.4 is 11.4 Å². The van der Waals surface area contributed by atoms with Crippen LogP contribution in [0.15, 0.2) is 70.5 Å². The molecular formula is C20H15F3N4O2S. The normalized spacial score (nSPS) is 11.8. The van der Waals surface area contributed by atoms with Crippen LogP contribution in [0.2, 0.25) is 0 Å². The topological polar surface area (TPSA) is 86.1 Å².